The molecule has 2 saturated heterocycles. The summed E-state index contributed by atoms with van der Waals surface area (Å²) >= 11 is 0. The Morgan fingerprint density at radius 2 is 2.12 bits per heavy atom. The second-order valence-corrected chi connectivity index (χ2v) is 5.03. The topological polar surface area (TPSA) is 29.5 Å². The largest absolute Gasteiger partial charge is 0.353 e. The van der Waals surface area contributed by atoms with E-state index in [2.05, 4.69) is 12.1 Å². The highest BCUT2D eigenvalue weighted by Crippen LogP contribution is 2.42. The number of hydrogen-bond acceptors (Lipinski definition) is 2. The van der Waals surface area contributed by atoms with E-state index in [0.717, 1.165) is 12.8 Å². The molecule has 0 N–H and O–H groups in total. The summed E-state index contributed by atoms with van der Waals surface area (Å²) in [5, 5.41) is 0. The van der Waals surface area contributed by atoms with Crippen molar-refractivity contribution in [1.82, 2.24) is 4.90 Å². The van der Waals surface area contributed by atoms with Crippen LogP contribution in [-0.4, -0.2) is 23.1 Å². The first-order valence-corrected chi connectivity index (χ1v) is 6.22. The van der Waals surface area contributed by atoms with Crippen LogP contribution >= 0.6 is 0 Å². The predicted octanol–water partition coefficient (Wildman–Crippen LogP) is 2.49. The SMILES string of the molecule is C[C@@]12CCCC(=O)N1[C@@H](c1ccccc1)CO2. The maximum atomic E-state index is 12.1. The predicted molar refractivity (Wildman–Crippen MR) is 64.2 cm³/mol. The molecule has 2 aliphatic rings. The van der Waals surface area contributed by atoms with Crippen molar-refractivity contribution in [2.24, 2.45) is 0 Å². The third-order valence-corrected chi connectivity index (χ3v) is 3.86. The Morgan fingerprint density at radius 1 is 1.35 bits per heavy atom. The minimum atomic E-state index is -0.379. The van der Waals surface area contributed by atoms with Crippen LogP contribution < -0.4 is 0 Å². The van der Waals surface area contributed by atoms with E-state index in [1.165, 1.54) is 5.56 Å². The molecule has 90 valence electrons. The Balaban J connectivity index is 1.95. The molecular formula is C14H17NO2. The first kappa shape index (κ1) is 10.8. The first-order chi connectivity index (χ1) is 8.21. The van der Waals surface area contributed by atoms with E-state index in [1.807, 2.05) is 30.0 Å². The average Bonchev–Trinajstić information content (AvgIpc) is 2.69. The van der Waals surface area contributed by atoms with Gasteiger partial charge in [0.1, 0.15) is 5.72 Å². The number of piperidine rings is 1. The number of benzene rings is 1. The van der Waals surface area contributed by atoms with Crippen molar-refractivity contribution in [1.29, 1.82) is 0 Å². The van der Waals surface area contributed by atoms with Gasteiger partial charge in [0.25, 0.3) is 0 Å². The van der Waals surface area contributed by atoms with Crippen LogP contribution in [0.5, 0.6) is 0 Å². The van der Waals surface area contributed by atoms with Crippen molar-refractivity contribution >= 4 is 5.91 Å². The second kappa shape index (κ2) is 3.84. The molecule has 2 atom stereocenters. The number of ether oxygens (including phenoxy) is 1. The summed E-state index contributed by atoms with van der Waals surface area (Å²) in [5.41, 5.74) is 0.794. The van der Waals surface area contributed by atoms with Crippen molar-refractivity contribution in [2.75, 3.05) is 6.61 Å². The molecule has 0 aromatic heterocycles. The van der Waals surface area contributed by atoms with Gasteiger partial charge in [-0.3, -0.25) is 4.79 Å². The van der Waals surface area contributed by atoms with Crippen LogP contribution in [0.2, 0.25) is 0 Å². The molecule has 1 aromatic carbocycles. The molecule has 0 aliphatic carbocycles. The third-order valence-electron chi connectivity index (χ3n) is 3.86. The molecule has 0 unspecified atom stereocenters. The van der Waals surface area contributed by atoms with Crippen molar-refractivity contribution in [2.45, 2.75) is 38.0 Å². The van der Waals surface area contributed by atoms with Crippen molar-refractivity contribution < 1.29 is 9.53 Å². The van der Waals surface area contributed by atoms with Gasteiger partial charge in [-0.1, -0.05) is 30.3 Å². The fraction of sp³-hybridized carbons (Fsp3) is 0.500. The van der Waals surface area contributed by atoms with Gasteiger partial charge in [0.15, 0.2) is 0 Å². The molecule has 2 heterocycles. The molecule has 2 aliphatic heterocycles. The minimum Gasteiger partial charge on any atom is -0.353 e. The van der Waals surface area contributed by atoms with E-state index >= 15 is 0 Å². The lowest BCUT2D eigenvalue weighted by atomic mass is 9.96. The molecule has 0 radical (unpaired) electrons. The zero-order chi connectivity index (χ0) is 11.9. The van der Waals surface area contributed by atoms with Gasteiger partial charge in [-0.05, 0) is 25.3 Å². The number of hydrogen-bond donors (Lipinski definition) is 0. The van der Waals surface area contributed by atoms with Crippen LogP contribution in [-0.2, 0) is 9.53 Å². The van der Waals surface area contributed by atoms with E-state index in [4.69, 9.17) is 4.74 Å². The van der Waals surface area contributed by atoms with Crippen LogP contribution in [0.15, 0.2) is 30.3 Å². The van der Waals surface area contributed by atoms with E-state index in [0.29, 0.717) is 13.0 Å². The molecule has 1 amide bonds. The summed E-state index contributed by atoms with van der Waals surface area (Å²) in [6.07, 6.45) is 2.54. The molecule has 0 spiro atoms. The average molecular weight is 231 g/mol. The fourth-order valence-electron chi connectivity index (χ4n) is 2.97. The molecule has 3 rings (SSSR count). The van der Waals surface area contributed by atoms with Crippen LogP contribution in [0, 0.1) is 0 Å². The highest BCUT2D eigenvalue weighted by molar-refractivity contribution is 5.78. The van der Waals surface area contributed by atoms with Crippen LogP contribution in [0.1, 0.15) is 37.8 Å². The Kier molecular flexibility index (Phi) is 2.44. The molecule has 17 heavy (non-hydrogen) atoms. The van der Waals surface area contributed by atoms with Gasteiger partial charge >= 0.3 is 0 Å². The van der Waals surface area contributed by atoms with E-state index < -0.39 is 0 Å². The van der Waals surface area contributed by atoms with Crippen molar-refractivity contribution in [3.63, 3.8) is 0 Å². The molecule has 0 bridgehead atoms. The number of carbonyl (C=O) groups excluding carboxylic acids is 1. The van der Waals surface area contributed by atoms with Gasteiger partial charge in [0.2, 0.25) is 5.91 Å². The van der Waals surface area contributed by atoms with Gasteiger partial charge in [0, 0.05) is 6.42 Å². The van der Waals surface area contributed by atoms with Gasteiger partial charge in [0.05, 0.1) is 12.6 Å². The molecule has 3 heteroatoms. The number of rotatable bonds is 1. The van der Waals surface area contributed by atoms with Gasteiger partial charge in [-0.15, -0.1) is 0 Å². The summed E-state index contributed by atoms with van der Waals surface area (Å²) in [7, 11) is 0. The Labute approximate surface area is 101 Å². The number of amides is 1. The quantitative estimate of drug-likeness (QED) is 0.743. The Bertz CT molecular complexity index is 431. The lowest BCUT2D eigenvalue weighted by Crippen LogP contribution is -2.49. The minimum absolute atomic E-state index is 0.0917. The first-order valence-electron chi connectivity index (χ1n) is 6.22. The van der Waals surface area contributed by atoms with Gasteiger partial charge < -0.3 is 9.64 Å². The van der Waals surface area contributed by atoms with Crippen LogP contribution in [0.4, 0.5) is 0 Å². The summed E-state index contributed by atoms with van der Waals surface area (Å²) < 4.78 is 5.89. The monoisotopic (exact) mass is 231 g/mol. The standard InChI is InChI=1S/C14H17NO2/c1-14-9-5-8-13(16)15(14)12(10-17-14)11-6-3-2-4-7-11/h2-4,6-7,12H,5,8-10H2,1H3/t12-,14-/m1/s1. The highest BCUT2D eigenvalue weighted by Gasteiger charge is 2.48. The summed E-state index contributed by atoms with van der Waals surface area (Å²) in [5.74, 6) is 0.227. The maximum absolute atomic E-state index is 12.1. The summed E-state index contributed by atoms with van der Waals surface area (Å²) in [6.45, 7) is 2.65. The number of fused-ring (bicyclic) bond motifs is 1. The second-order valence-electron chi connectivity index (χ2n) is 5.03. The number of nitrogens with zero attached hydrogens (tertiary/aromatic N) is 1. The molecular weight excluding hydrogens is 214 g/mol. The highest BCUT2D eigenvalue weighted by atomic mass is 16.5. The fourth-order valence-corrected chi connectivity index (χ4v) is 2.97. The van der Waals surface area contributed by atoms with E-state index in [1.54, 1.807) is 0 Å². The smallest absolute Gasteiger partial charge is 0.225 e. The molecule has 3 nitrogen and oxygen atoms in total. The van der Waals surface area contributed by atoms with Crippen molar-refractivity contribution in [3.8, 4) is 0 Å². The molecule has 1 aromatic rings. The lowest BCUT2D eigenvalue weighted by Gasteiger charge is -2.40. The zero-order valence-electron chi connectivity index (χ0n) is 10.1. The van der Waals surface area contributed by atoms with Crippen molar-refractivity contribution in [3.05, 3.63) is 35.9 Å². The third kappa shape index (κ3) is 1.65. The summed E-state index contributed by atoms with van der Waals surface area (Å²) in [4.78, 5) is 14.1. The van der Waals surface area contributed by atoms with Gasteiger partial charge in [-0.25, -0.2) is 0 Å². The lowest BCUT2D eigenvalue weighted by molar-refractivity contribution is -0.156. The summed E-state index contributed by atoms with van der Waals surface area (Å²) in [6, 6.07) is 10.3. The Hall–Kier alpha value is -1.35. The molecule has 2 fully saturated rings. The Morgan fingerprint density at radius 3 is 2.88 bits per heavy atom. The zero-order valence-corrected chi connectivity index (χ0v) is 10.1. The van der Waals surface area contributed by atoms with Crippen LogP contribution in [0.25, 0.3) is 0 Å². The van der Waals surface area contributed by atoms with Crippen LogP contribution in [0.3, 0.4) is 0 Å². The normalized spacial score (nSPS) is 32.6. The van der Waals surface area contributed by atoms with E-state index in [-0.39, 0.29) is 17.7 Å². The van der Waals surface area contributed by atoms with Gasteiger partial charge in [-0.2, -0.15) is 0 Å². The molecule has 0 saturated carbocycles. The van der Waals surface area contributed by atoms with E-state index in [9.17, 15) is 4.79 Å². The maximum Gasteiger partial charge on any atom is 0.225 e. The number of carbonyl (C=O) groups is 1.